The van der Waals surface area contributed by atoms with E-state index in [9.17, 15) is 14.7 Å². The molecule has 134 valence electrons. The minimum Gasteiger partial charge on any atom is -0.478 e. The summed E-state index contributed by atoms with van der Waals surface area (Å²) in [4.78, 5) is 30.5. The molecule has 0 saturated carbocycles. The van der Waals surface area contributed by atoms with E-state index in [2.05, 4.69) is 4.99 Å². The molecule has 0 radical (unpaired) electrons. The van der Waals surface area contributed by atoms with Crippen molar-refractivity contribution >= 4 is 34.9 Å². The number of carboxylic acid groups (broad SMARTS) is 1. The van der Waals surface area contributed by atoms with Gasteiger partial charge in [-0.3, -0.25) is 14.7 Å². The molecule has 2 aromatic rings. The number of amides is 1. The van der Waals surface area contributed by atoms with Crippen LogP contribution in [0.25, 0.3) is 11.8 Å². The molecule has 7 heteroatoms. The summed E-state index contributed by atoms with van der Waals surface area (Å²) in [5, 5.41) is 9.91. The lowest BCUT2D eigenvalue weighted by Gasteiger charge is -2.11. The van der Waals surface area contributed by atoms with Crippen LogP contribution in [0.15, 0.2) is 52.5 Å². The third-order valence-electron chi connectivity index (χ3n) is 3.93. The lowest BCUT2D eigenvalue weighted by Crippen LogP contribution is -2.28. The van der Waals surface area contributed by atoms with E-state index in [1.807, 2.05) is 48.9 Å². The molecule has 1 aromatic heterocycles. The molecule has 2 heterocycles. The van der Waals surface area contributed by atoms with Gasteiger partial charge in [-0.1, -0.05) is 6.07 Å². The first-order chi connectivity index (χ1) is 12.5. The number of rotatable bonds is 5. The van der Waals surface area contributed by atoms with E-state index < -0.39 is 5.97 Å². The standard InChI is InChI=1S/C19H19N3O3S/c1-3-20-19-21(4-2)17(23)16(26-19)12-15-9-6-10-22(15)14-8-5-7-13(11-14)18(24)25/h5-12H,3-4H2,1-2H3,(H,24,25)/b16-12-,20-19?. The van der Waals surface area contributed by atoms with E-state index in [1.54, 1.807) is 23.1 Å². The highest BCUT2D eigenvalue weighted by Gasteiger charge is 2.32. The van der Waals surface area contributed by atoms with Crippen molar-refractivity contribution < 1.29 is 14.7 Å². The lowest BCUT2D eigenvalue weighted by atomic mass is 10.2. The molecule has 6 nitrogen and oxygen atoms in total. The van der Waals surface area contributed by atoms with Crippen molar-refractivity contribution in [1.82, 2.24) is 9.47 Å². The number of carbonyl (C=O) groups excluding carboxylic acids is 1. The monoisotopic (exact) mass is 369 g/mol. The van der Waals surface area contributed by atoms with Gasteiger partial charge < -0.3 is 9.67 Å². The van der Waals surface area contributed by atoms with Gasteiger partial charge in [0.15, 0.2) is 5.17 Å². The van der Waals surface area contributed by atoms with Gasteiger partial charge in [0.05, 0.1) is 10.5 Å². The zero-order valence-electron chi connectivity index (χ0n) is 14.5. The van der Waals surface area contributed by atoms with E-state index in [4.69, 9.17) is 0 Å². The molecule has 0 unspecified atom stereocenters. The Morgan fingerprint density at radius 3 is 2.77 bits per heavy atom. The van der Waals surface area contributed by atoms with Crippen molar-refractivity contribution in [1.29, 1.82) is 0 Å². The van der Waals surface area contributed by atoms with Crippen molar-refractivity contribution in [3.8, 4) is 5.69 Å². The molecule has 3 rings (SSSR count). The second kappa shape index (κ2) is 7.61. The first kappa shape index (κ1) is 18.0. The van der Waals surface area contributed by atoms with Crippen LogP contribution < -0.4 is 0 Å². The number of carboxylic acids is 1. The van der Waals surface area contributed by atoms with Crippen LogP contribution in [0.5, 0.6) is 0 Å². The second-order valence-electron chi connectivity index (χ2n) is 5.58. The highest BCUT2D eigenvalue weighted by Crippen LogP contribution is 2.32. The largest absolute Gasteiger partial charge is 0.478 e. The fourth-order valence-corrected chi connectivity index (χ4v) is 3.80. The van der Waals surface area contributed by atoms with Crippen LogP contribution in [0.2, 0.25) is 0 Å². The number of benzene rings is 1. The summed E-state index contributed by atoms with van der Waals surface area (Å²) in [5.41, 5.74) is 1.75. The van der Waals surface area contributed by atoms with Gasteiger partial charge >= 0.3 is 5.97 Å². The van der Waals surface area contributed by atoms with Crippen molar-refractivity contribution in [3.05, 3.63) is 58.8 Å². The minimum atomic E-state index is -0.973. The molecule has 0 atom stereocenters. The van der Waals surface area contributed by atoms with Gasteiger partial charge in [0, 0.05) is 30.7 Å². The van der Waals surface area contributed by atoms with E-state index >= 15 is 0 Å². The molecule has 1 N–H and O–H groups in total. The van der Waals surface area contributed by atoms with Gasteiger partial charge in [0.1, 0.15) is 0 Å². The maximum atomic E-state index is 12.6. The average Bonchev–Trinajstić information content (AvgIpc) is 3.20. The Balaban J connectivity index is 1.98. The maximum Gasteiger partial charge on any atom is 0.335 e. The fraction of sp³-hybridized carbons (Fsp3) is 0.211. The number of carbonyl (C=O) groups is 2. The predicted octanol–water partition coefficient (Wildman–Crippen LogP) is 3.49. The van der Waals surface area contributed by atoms with Gasteiger partial charge in [-0.05, 0) is 62.0 Å². The molecule has 1 aliphatic heterocycles. The lowest BCUT2D eigenvalue weighted by molar-refractivity contribution is -0.122. The Hall–Kier alpha value is -2.80. The summed E-state index contributed by atoms with van der Waals surface area (Å²) < 4.78 is 1.86. The van der Waals surface area contributed by atoms with E-state index in [-0.39, 0.29) is 11.5 Å². The molecule has 1 aliphatic rings. The number of nitrogens with zero attached hydrogens (tertiary/aromatic N) is 3. The minimum absolute atomic E-state index is 0.0586. The Morgan fingerprint density at radius 1 is 1.27 bits per heavy atom. The van der Waals surface area contributed by atoms with Crippen LogP contribution in [0.1, 0.15) is 29.9 Å². The number of aliphatic imine (C=N–C) groups is 1. The molecule has 1 fully saturated rings. The van der Waals surface area contributed by atoms with Crippen molar-refractivity contribution in [2.24, 2.45) is 4.99 Å². The predicted molar refractivity (Wildman–Crippen MR) is 104 cm³/mol. The second-order valence-corrected chi connectivity index (χ2v) is 6.58. The number of amidine groups is 1. The summed E-state index contributed by atoms with van der Waals surface area (Å²) in [6.07, 6.45) is 3.66. The Kier molecular flexibility index (Phi) is 5.27. The summed E-state index contributed by atoms with van der Waals surface area (Å²) in [7, 11) is 0. The number of aromatic carboxylic acids is 1. The number of likely N-dealkylation sites (N-methyl/N-ethyl adjacent to an activating group) is 1. The molecular weight excluding hydrogens is 350 g/mol. The van der Waals surface area contributed by atoms with Gasteiger partial charge in [0.25, 0.3) is 5.91 Å². The van der Waals surface area contributed by atoms with Crippen LogP contribution in [0.3, 0.4) is 0 Å². The molecular formula is C19H19N3O3S. The van der Waals surface area contributed by atoms with E-state index in [1.165, 1.54) is 11.8 Å². The SMILES string of the molecule is CCN=C1S/C(=C\c2cccn2-c2cccc(C(=O)O)c2)C(=O)N1CC. The molecule has 0 bridgehead atoms. The fourth-order valence-electron chi connectivity index (χ4n) is 2.71. The number of aromatic nitrogens is 1. The molecule has 0 aliphatic carbocycles. The van der Waals surface area contributed by atoms with Crippen molar-refractivity contribution in [2.75, 3.05) is 13.1 Å². The molecule has 0 spiro atoms. The van der Waals surface area contributed by atoms with E-state index in [0.29, 0.717) is 18.0 Å². The zero-order valence-corrected chi connectivity index (χ0v) is 15.4. The van der Waals surface area contributed by atoms with Crippen LogP contribution in [0, 0.1) is 0 Å². The highest BCUT2D eigenvalue weighted by atomic mass is 32.2. The topological polar surface area (TPSA) is 74.9 Å². The summed E-state index contributed by atoms with van der Waals surface area (Å²) in [6.45, 7) is 5.06. The maximum absolute atomic E-state index is 12.6. The summed E-state index contributed by atoms with van der Waals surface area (Å²) in [5.74, 6) is -1.03. The van der Waals surface area contributed by atoms with Gasteiger partial charge in [-0.15, -0.1) is 0 Å². The Labute approximate surface area is 155 Å². The normalized spacial score (nSPS) is 17.5. The summed E-state index contributed by atoms with van der Waals surface area (Å²) in [6, 6.07) is 10.4. The Morgan fingerprint density at radius 2 is 2.08 bits per heavy atom. The van der Waals surface area contributed by atoms with Crippen molar-refractivity contribution in [3.63, 3.8) is 0 Å². The third-order valence-corrected chi connectivity index (χ3v) is 4.97. The van der Waals surface area contributed by atoms with Crippen molar-refractivity contribution in [2.45, 2.75) is 13.8 Å². The third kappa shape index (κ3) is 3.43. The van der Waals surface area contributed by atoms with Crippen LogP contribution in [0.4, 0.5) is 0 Å². The van der Waals surface area contributed by atoms with Crippen LogP contribution in [-0.4, -0.2) is 44.7 Å². The molecule has 26 heavy (non-hydrogen) atoms. The number of hydrogen-bond acceptors (Lipinski definition) is 4. The van der Waals surface area contributed by atoms with Gasteiger partial charge in [-0.2, -0.15) is 0 Å². The van der Waals surface area contributed by atoms with Crippen LogP contribution >= 0.6 is 11.8 Å². The Bertz CT molecular complexity index is 914. The zero-order chi connectivity index (χ0) is 18.7. The average molecular weight is 369 g/mol. The molecule has 1 aromatic carbocycles. The number of thioether (sulfide) groups is 1. The number of hydrogen-bond donors (Lipinski definition) is 1. The first-order valence-electron chi connectivity index (χ1n) is 8.32. The van der Waals surface area contributed by atoms with E-state index in [0.717, 1.165) is 16.5 Å². The smallest absolute Gasteiger partial charge is 0.335 e. The highest BCUT2D eigenvalue weighted by molar-refractivity contribution is 8.18. The molecule has 1 amide bonds. The molecule has 1 saturated heterocycles. The van der Waals surface area contributed by atoms with Gasteiger partial charge in [0.2, 0.25) is 0 Å². The summed E-state index contributed by atoms with van der Waals surface area (Å²) >= 11 is 1.37. The van der Waals surface area contributed by atoms with Gasteiger partial charge in [-0.25, -0.2) is 4.79 Å². The van der Waals surface area contributed by atoms with Crippen LogP contribution in [-0.2, 0) is 4.79 Å². The quantitative estimate of drug-likeness (QED) is 0.819. The first-order valence-corrected chi connectivity index (χ1v) is 9.13.